The first-order valence-corrected chi connectivity index (χ1v) is 5.37. The lowest BCUT2D eigenvalue weighted by Gasteiger charge is -2.24. The number of aliphatic carboxylic acids is 1. The minimum absolute atomic E-state index is 0.315. The van der Waals surface area contributed by atoms with Gasteiger partial charge in [-0.15, -0.1) is 0 Å². The summed E-state index contributed by atoms with van der Waals surface area (Å²) >= 11 is 0. The van der Waals surface area contributed by atoms with Gasteiger partial charge in [-0.05, 0) is 20.8 Å². The molecule has 1 atom stereocenters. The first-order valence-electron chi connectivity index (χ1n) is 5.37. The van der Waals surface area contributed by atoms with Crippen LogP contribution < -0.4 is 4.74 Å². The smallest absolute Gasteiger partial charge is 0.313 e. The van der Waals surface area contributed by atoms with Crippen LogP contribution in [-0.4, -0.2) is 18.2 Å². The Bertz CT molecular complexity index is 425. The van der Waals surface area contributed by atoms with Crippen molar-refractivity contribution in [2.24, 2.45) is 0 Å². The van der Waals surface area contributed by atoms with Crippen LogP contribution in [0.25, 0.3) is 0 Å². The summed E-state index contributed by atoms with van der Waals surface area (Å²) in [4.78, 5) is 11.2. The maximum Gasteiger partial charge on any atom is 0.313 e. The molecule has 0 saturated heterocycles. The Balaban J connectivity index is 3.44. The lowest BCUT2D eigenvalue weighted by molar-refractivity contribution is -0.142. The molecular weight excluding hydrogens is 223 g/mol. The number of alkyl halides is 1. The molecule has 1 aromatic rings. The molecule has 1 N–H and O–H groups in total. The Morgan fingerprint density at radius 2 is 2.06 bits per heavy atom. The Morgan fingerprint density at radius 1 is 1.47 bits per heavy atom. The zero-order chi connectivity index (χ0) is 13.2. The fraction of sp³-hybridized carbons (Fsp3) is 0.462. The van der Waals surface area contributed by atoms with Crippen LogP contribution >= 0.6 is 0 Å². The van der Waals surface area contributed by atoms with Gasteiger partial charge in [-0.1, -0.05) is 18.2 Å². The molecule has 0 aromatic heterocycles. The van der Waals surface area contributed by atoms with Crippen LogP contribution in [0.2, 0.25) is 0 Å². The fourth-order valence-corrected chi connectivity index (χ4v) is 1.70. The van der Waals surface area contributed by atoms with E-state index in [1.54, 1.807) is 32.0 Å². The van der Waals surface area contributed by atoms with Gasteiger partial charge in [-0.3, -0.25) is 4.79 Å². The fourth-order valence-electron chi connectivity index (χ4n) is 1.70. The summed E-state index contributed by atoms with van der Waals surface area (Å²) in [6, 6.07) is 4.90. The molecule has 1 unspecified atom stereocenters. The predicted octanol–water partition coefficient (Wildman–Crippen LogP) is 3.09. The molecule has 0 fully saturated rings. The third-order valence-corrected chi connectivity index (χ3v) is 2.89. The van der Waals surface area contributed by atoms with Crippen molar-refractivity contribution in [2.45, 2.75) is 32.4 Å². The third kappa shape index (κ3) is 2.40. The van der Waals surface area contributed by atoms with E-state index in [9.17, 15) is 14.3 Å². The molecule has 4 heteroatoms. The second-order valence-corrected chi connectivity index (χ2v) is 4.47. The van der Waals surface area contributed by atoms with Crippen molar-refractivity contribution in [1.82, 2.24) is 0 Å². The lowest BCUT2D eigenvalue weighted by Crippen LogP contribution is -2.29. The van der Waals surface area contributed by atoms with E-state index in [0.717, 1.165) is 0 Å². The molecule has 0 aliphatic rings. The van der Waals surface area contributed by atoms with Gasteiger partial charge >= 0.3 is 5.97 Å². The number of carboxylic acid groups (broad SMARTS) is 1. The van der Waals surface area contributed by atoms with E-state index in [1.807, 2.05) is 0 Å². The molecule has 1 rings (SSSR count). The topological polar surface area (TPSA) is 46.5 Å². The normalized spacial score (nSPS) is 13.2. The first kappa shape index (κ1) is 13.5. The van der Waals surface area contributed by atoms with E-state index < -0.39 is 17.6 Å². The SMILES string of the molecule is COc1c(C(C)F)cccc1C(C)(C)C(=O)O. The number of hydrogen-bond donors (Lipinski definition) is 1. The summed E-state index contributed by atoms with van der Waals surface area (Å²) < 4.78 is 18.6. The van der Waals surface area contributed by atoms with Crippen molar-refractivity contribution in [1.29, 1.82) is 0 Å². The minimum Gasteiger partial charge on any atom is -0.496 e. The third-order valence-electron chi connectivity index (χ3n) is 2.89. The number of methoxy groups -OCH3 is 1. The quantitative estimate of drug-likeness (QED) is 0.879. The average Bonchev–Trinajstić information content (AvgIpc) is 2.27. The van der Waals surface area contributed by atoms with Crippen molar-refractivity contribution >= 4 is 5.97 Å². The number of halogens is 1. The van der Waals surface area contributed by atoms with Gasteiger partial charge in [-0.25, -0.2) is 4.39 Å². The molecule has 0 aliphatic heterocycles. The number of ether oxygens (including phenoxy) is 1. The van der Waals surface area contributed by atoms with Crippen molar-refractivity contribution in [3.05, 3.63) is 29.3 Å². The van der Waals surface area contributed by atoms with Crippen molar-refractivity contribution in [3.8, 4) is 5.75 Å². The van der Waals surface area contributed by atoms with Gasteiger partial charge in [0.25, 0.3) is 0 Å². The van der Waals surface area contributed by atoms with Gasteiger partial charge in [0, 0.05) is 11.1 Å². The van der Waals surface area contributed by atoms with Crippen LogP contribution in [0.1, 0.15) is 38.1 Å². The van der Waals surface area contributed by atoms with Gasteiger partial charge in [0.1, 0.15) is 11.9 Å². The van der Waals surface area contributed by atoms with E-state index >= 15 is 0 Å². The van der Waals surface area contributed by atoms with E-state index in [4.69, 9.17) is 4.74 Å². The molecular formula is C13H17FO3. The standard InChI is InChI=1S/C13H17FO3/c1-8(14)9-6-5-7-10(11(9)17-4)13(2,3)12(15)16/h5-8H,1-4H3,(H,15,16). The van der Waals surface area contributed by atoms with Gasteiger partial charge in [0.05, 0.1) is 12.5 Å². The number of carboxylic acids is 1. The average molecular weight is 240 g/mol. The zero-order valence-corrected chi connectivity index (χ0v) is 10.5. The molecule has 0 heterocycles. The van der Waals surface area contributed by atoms with Crippen LogP contribution in [-0.2, 0) is 10.2 Å². The molecule has 94 valence electrons. The van der Waals surface area contributed by atoms with Crippen molar-refractivity contribution < 1.29 is 19.0 Å². The number of para-hydroxylation sites is 1. The lowest BCUT2D eigenvalue weighted by atomic mass is 9.83. The second-order valence-electron chi connectivity index (χ2n) is 4.47. The van der Waals surface area contributed by atoms with Gasteiger partial charge < -0.3 is 9.84 Å². The van der Waals surface area contributed by atoms with E-state index in [1.165, 1.54) is 14.0 Å². The molecule has 17 heavy (non-hydrogen) atoms. The molecule has 0 bridgehead atoms. The molecule has 1 aromatic carbocycles. The Labute approximate surface area is 100 Å². The summed E-state index contributed by atoms with van der Waals surface area (Å²) in [5.74, 6) is -0.658. The molecule has 0 aliphatic carbocycles. The minimum atomic E-state index is -1.20. The maximum atomic E-state index is 13.4. The molecule has 0 spiro atoms. The summed E-state index contributed by atoms with van der Waals surface area (Å²) in [6.45, 7) is 4.54. The molecule has 0 saturated carbocycles. The predicted molar refractivity (Wildman–Crippen MR) is 63.2 cm³/mol. The summed E-state index contributed by atoms with van der Waals surface area (Å²) in [7, 11) is 1.42. The number of carbonyl (C=O) groups is 1. The number of benzene rings is 1. The monoisotopic (exact) mass is 240 g/mol. The van der Waals surface area contributed by atoms with Crippen LogP contribution in [0.3, 0.4) is 0 Å². The Kier molecular flexibility index (Phi) is 3.76. The zero-order valence-electron chi connectivity index (χ0n) is 10.5. The Morgan fingerprint density at radius 3 is 2.47 bits per heavy atom. The number of rotatable bonds is 4. The summed E-state index contributed by atoms with van der Waals surface area (Å²) in [5, 5.41) is 9.19. The Hall–Kier alpha value is -1.58. The largest absolute Gasteiger partial charge is 0.496 e. The molecule has 3 nitrogen and oxygen atoms in total. The van der Waals surface area contributed by atoms with Crippen LogP contribution in [0.15, 0.2) is 18.2 Å². The van der Waals surface area contributed by atoms with Crippen molar-refractivity contribution in [3.63, 3.8) is 0 Å². The van der Waals surface area contributed by atoms with Crippen LogP contribution in [0, 0.1) is 0 Å². The first-order chi connectivity index (χ1) is 7.82. The molecule has 0 radical (unpaired) electrons. The highest BCUT2D eigenvalue weighted by Gasteiger charge is 2.33. The van der Waals surface area contributed by atoms with E-state index in [2.05, 4.69) is 0 Å². The van der Waals surface area contributed by atoms with Crippen molar-refractivity contribution in [2.75, 3.05) is 7.11 Å². The highest BCUT2D eigenvalue weighted by molar-refractivity contribution is 5.81. The highest BCUT2D eigenvalue weighted by atomic mass is 19.1. The summed E-state index contributed by atoms with van der Waals surface area (Å²) in [6.07, 6.45) is -1.20. The van der Waals surface area contributed by atoms with Gasteiger partial charge in [0.15, 0.2) is 0 Å². The second kappa shape index (κ2) is 4.73. The maximum absolute atomic E-state index is 13.4. The molecule has 0 amide bonds. The van der Waals surface area contributed by atoms with Gasteiger partial charge in [0.2, 0.25) is 0 Å². The van der Waals surface area contributed by atoms with E-state index in [-0.39, 0.29) is 0 Å². The van der Waals surface area contributed by atoms with Gasteiger partial charge in [-0.2, -0.15) is 0 Å². The van der Waals surface area contributed by atoms with E-state index in [0.29, 0.717) is 16.9 Å². The summed E-state index contributed by atoms with van der Waals surface area (Å²) in [5.41, 5.74) is -0.259. The van der Waals surface area contributed by atoms with Crippen LogP contribution in [0.4, 0.5) is 4.39 Å². The van der Waals surface area contributed by atoms with Crippen LogP contribution in [0.5, 0.6) is 5.75 Å². The number of hydrogen-bond acceptors (Lipinski definition) is 2. The highest BCUT2D eigenvalue weighted by Crippen LogP contribution is 2.37.